The van der Waals surface area contributed by atoms with Crippen molar-refractivity contribution >= 4 is 17.4 Å². The summed E-state index contributed by atoms with van der Waals surface area (Å²) in [5.41, 5.74) is 7.43. The number of hydrogen-bond donors (Lipinski definition) is 2. The Balaban J connectivity index is 1.68. The van der Waals surface area contributed by atoms with Gasteiger partial charge in [0.05, 0.1) is 24.9 Å². The molecule has 1 atom stereocenters. The molecule has 1 saturated heterocycles. The molecule has 1 fully saturated rings. The van der Waals surface area contributed by atoms with Crippen LogP contribution in [0, 0.1) is 13.8 Å². The molecular formula is C24H29N5O5. The molecule has 34 heavy (non-hydrogen) atoms. The van der Waals surface area contributed by atoms with E-state index in [2.05, 4.69) is 10.1 Å². The molecular weight excluding hydrogens is 438 g/mol. The number of aromatic nitrogens is 3. The lowest BCUT2D eigenvalue weighted by molar-refractivity contribution is -0.119. The highest BCUT2D eigenvalue weighted by atomic mass is 16.5. The van der Waals surface area contributed by atoms with Gasteiger partial charge in [0.2, 0.25) is 5.91 Å². The van der Waals surface area contributed by atoms with Crippen LogP contribution in [0.4, 0.5) is 11.5 Å². The Hall–Kier alpha value is -3.66. The Labute approximate surface area is 196 Å². The van der Waals surface area contributed by atoms with Gasteiger partial charge in [-0.05, 0) is 38.7 Å². The van der Waals surface area contributed by atoms with Crippen LogP contribution >= 0.6 is 0 Å². The van der Waals surface area contributed by atoms with E-state index < -0.39 is 11.2 Å². The highest BCUT2D eigenvalue weighted by Crippen LogP contribution is 2.23. The predicted octanol–water partition coefficient (Wildman–Crippen LogP) is 1.92. The Morgan fingerprint density at radius 2 is 2.03 bits per heavy atom. The van der Waals surface area contributed by atoms with E-state index in [0.29, 0.717) is 18.8 Å². The van der Waals surface area contributed by atoms with Crippen LogP contribution in [0.15, 0.2) is 44.4 Å². The number of aryl methyl sites for hydroxylation is 2. The lowest BCUT2D eigenvalue weighted by atomic mass is 10.1. The summed E-state index contributed by atoms with van der Waals surface area (Å²) in [6, 6.07) is 9.29. The fourth-order valence-electron chi connectivity index (χ4n) is 4.30. The Kier molecular flexibility index (Phi) is 6.97. The number of anilines is 2. The number of nitrogen functional groups attached to an aromatic ring is 1. The minimum absolute atomic E-state index is 0.0326. The van der Waals surface area contributed by atoms with E-state index in [1.807, 2.05) is 37.3 Å². The Bertz CT molecular complexity index is 1250. The van der Waals surface area contributed by atoms with Crippen LogP contribution in [-0.2, 0) is 22.5 Å². The van der Waals surface area contributed by atoms with Crippen molar-refractivity contribution in [1.29, 1.82) is 0 Å². The molecule has 0 aliphatic carbocycles. The summed E-state index contributed by atoms with van der Waals surface area (Å²) in [6.07, 6.45) is 1.96. The van der Waals surface area contributed by atoms with Gasteiger partial charge in [-0.25, -0.2) is 4.79 Å². The molecule has 10 nitrogen and oxygen atoms in total. The van der Waals surface area contributed by atoms with Gasteiger partial charge in [0.1, 0.15) is 11.6 Å². The van der Waals surface area contributed by atoms with Crippen molar-refractivity contribution in [2.75, 3.05) is 23.8 Å². The molecule has 0 unspecified atom stereocenters. The number of amides is 1. The minimum atomic E-state index is -0.699. The zero-order valence-corrected chi connectivity index (χ0v) is 19.4. The van der Waals surface area contributed by atoms with Crippen LogP contribution < -0.4 is 21.9 Å². The van der Waals surface area contributed by atoms with Gasteiger partial charge in [-0.3, -0.25) is 19.1 Å². The SMILES string of the molecule is Cc1noc(C)c1CCC(=O)N(C[C@@H]1CCCO1)c1c(N)n(Cc2ccccc2)c(=O)[nH]c1=O. The largest absolute Gasteiger partial charge is 0.383 e. The lowest BCUT2D eigenvalue weighted by Crippen LogP contribution is -2.44. The Morgan fingerprint density at radius 1 is 1.26 bits per heavy atom. The number of hydrogen-bond acceptors (Lipinski definition) is 7. The van der Waals surface area contributed by atoms with E-state index in [9.17, 15) is 14.4 Å². The number of nitrogens with two attached hydrogens (primary N) is 1. The monoisotopic (exact) mass is 467 g/mol. The number of ether oxygens (including phenoxy) is 1. The summed E-state index contributed by atoms with van der Waals surface area (Å²) in [6.45, 7) is 4.56. The first-order valence-electron chi connectivity index (χ1n) is 11.4. The molecule has 3 N–H and O–H groups in total. The molecule has 0 bridgehead atoms. The second-order valence-corrected chi connectivity index (χ2v) is 8.51. The first kappa shape index (κ1) is 23.5. The molecule has 1 amide bonds. The van der Waals surface area contributed by atoms with Gasteiger partial charge >= 0.3 is 5.69 Å². The lowest BCUT2D eigenvalue weighted by Gasteiger charge is -2.27. The predicted molar refractivity (Wildman–Crippen MR) is 127 cm³/mol. The maximum Gasteiger partial charge on any atom is 0.330 e. The summed E-state index contributed by atoms with van der Waals surface area (Å²) in [4.78, 5) is 42.6. The van der Waals surface area contributed by atoms with Crippen molar-refractivity contribution in [1.82, 2.24) is 14.7 Å². The van der Waals surface area contributed by atoms with Gasteiger partial charge < -0.3 is 19.9 Å². The van der Waals surface area contributed by atoms with Gasteiger partial charge in [0, 0.05) is 18.6 Å². The van der Waals surface area contributed by atoms with E-state index in [-0.39, 0.29) is 43.0 Å². The summed E-state index contributed by atoms with van der Waals surface area (Å²) in [5, 5.41) is 3.94. The standard InChI is InChI=1S/C24H29N5O5/c1-15-19(16(2)34-27-15)10-11-20(30)28(14-18-9-6-12-33-18)21-22(25)29(24(32)26-23(21)31)13-17-7-4-3-5-8-17/h3-5,7-8,18H,6,9-14,25H2,1-2H3,(H,26,31,32)/t18-/m0/s1. The Morgan fingerprint density at radius 3 is 2.68 bits per heavy atom. The molecule has 180 valence electrons. The van der Waals surface area contributed by atoms with Gasteiger partial charge in [0.15, 0.2) is 5.69 Å². The minimum Gasteiger partial charge on any atom is -0.383 e. The second-order valence-electron chi connectivity index (χ2n) is 8.51. The van der Waals surface area contributed by atoms with Crippen molar-refractivity contribution in [3.63, 3.8) is 0 Å². The van der Waals surface area contributed by atoms with E-state index >= 15 is 0 Å². The second kappa shape index (κ2) is 10.1. The van der Waals surface area contributed by atoms with E-state index in [0.717, 1.165) is 29.7 Å². The topological polar surface area (TPSA) is 136 Å². The van der Waals surface area contributed by atoms with Crippen LogP contribution in [0.5, 0.6) is 0 Å². The van der Waals surface area contributed by atoms with Crippen LogP contribution in [0.2, 0.25) is 0 Å². The third-order valence-corrected chi connectivity index (χ3v) is 6.15. The fraction of sp³-hybridized carbons (Fsp3) is 0.417. The van der Waals surface area contributed by atoms with E-state index in [1.165, 1.54) is 9.47 Å². The third kappa shape index (κ3) is 4.96. The number of nitrogens with one attached hydrogen (secondary N) is 1. The molecule has 0 saturated carbocycles. The molecule has 10 heteroatoms. The summed E-state index contributed by atoms with van der Waals surface area (Å²) >= 11 is 0. The van der Waals surface area contributed by atoms with Crippen LogP contribution in [0.3, 0.4) is 0 Å². The van der Waals surface area contributed by atoms with Crippen LogP contribution in [-0.4, -0.2) is 39.9 Å². The summed E-state index contributed by atoms with van der Waals surface area (Å²) in [7, 11) is 0. The maximum atomic E-state index is 13.4. The van der Waals surface area contributed by atoms with Crippen LogP contribution in [0.1, 0.15) is 41.8 Å². The number of nitrogens with zero attached hydrogens (tertiary/aromatic N) is 3. The fourth-order valence-corrected chi connectivity index (χ4v) is 4.30. The van der Waals surface area contributed by atoms with Gasteiger partial charge in [0.25, 0.3) is 5.56 Å². The van der Waals surface area contributed by atoms with Crippen molar-refractivity contribution in [2.24, 2.45) is 0 Å². The van der Waals surface area contributed by atoms with Crippen molar-refractivity contribution in [3.8, 4) is 0 Å². The van der Waals surface area contributed by atoms with Gasteiger partial charge in [-0.15, -0.1) is 0 Å². The number of carbonyl (C=O) groups excluding carboxylic acids is 1. The molecule has 0 spiro atoms. The number of rotatable bonds is 8. The molecule has 3 heterocycles. The number of aromatic amines is 1. The third-order valence-electron chi connectivity index (χ3n) is 6.15. The number of benzene rings is 1. The highest BCUT2D eigenvalue weighted by molar-refractivity contribution is 5.95. The van der Waals surface area contributed by atoms with E-state index in [1.54, 1.807) is 6.92 Å². The van der Waals surface area contributed by atoms with Crippen molar-refractivity contribution in [2.45, 2.75) is 52.2 Å². The molecule has 3 aromatic rings. The average Bonchev–Trinajstić information content (AvgIpc) is 3.44. The zero-order chi connectivity index (χ0) is 24.2. The molecule has 4 rings (SSSR count). The first-order chi connectivity index (χ1) is 16.3. The molecule has 2 aromatic heterocycles. The maximum absolute atomic E-state index is 13.4. The normalized spacial score (nSPS) is 15.5. The molecule has 1 aliphatic rings. The van der Waals surface area contributed by atoms with E-state index in [4.69, 9.17) is 15.0 Å². The van der Waals surface area contributed by atoms with Gasteiger partial charge in [-0.2, -0.15) is 0 Å². The summed E-state index contributed by atoms with van der Waals surface area (Å²) in [5.74, 6) is 0.309. The quantitative estimate of drug-likeness (QED) is 0.516. The average molecular weight is 468 g/mol. The van der Waals surface area contributed by atoms with Crippen molar-refractivity contribution in [3.05, 3.63) is 73.8 Å². The number of carbonyl (C=O) groups is 1. The van der Waals surface area contributed by atoms with Crippen LogP contribution in [0.25, 0.3) is 0 Å². The molecule has 1 aromatic carbocycles. The zero-order valence-electron chi connectivity index (χ0n) is 19.4. The highest BCUT2D eigenvalue weighted by Gasteiger charge is 2.29. The molecule has 0 radical (unpaired) electrons. The van der Waals surface area contributed by atoms with Gasteiger partial charge in [-0.1, -0.05) is 35.5 Å². The molecule has 1 aliphatic heterocycles. The number of H-pyrrole nitrogens is 1. The smallest absolute Gasteiger partial charge is 0.330 e. The van der Waals surface area contributed by atoms with Crippen molar-refractivity contribution < 1.29 is 14.1 Å². The summed E-state index contributed by atoms with van der Waals surface area (Å²) < 4.78 is 12.2. The first-order valence-corrected chi connectivity index (χ1v) is 11.4.